The van der Waals surface area contributed by atoms with Gasteiger partial charge in [-0.25, -0.2) is 0 Å². The number of anilines is 1. The predicted molar refractivity (Wildman–Crippen MR) is 117 cm³/mol. The number of hydrogen-bond acceptors (Lipinski definition) is 3. The maximum absolute atomic E-state index is 11.4. The quantitative estimate of drug-likeness (QED) is 0.388. The number of rotatable bonds is 9. The SMILES string of the molecule is CCCCCCOc1ccc(C2=CCN(c3ccc(C(C)=O)cc3)CC2)cc1. The van der Waals surface area contributed by atoms with Crippen LogP contribution in [0.5, 0.6) is 5.75 Å². The minimum atomic E-state index is 0.112. The average Bonchev–Trinajstić information content (AvgIpc) is 2.74. The van der Waals surface area contributed by atoms with Crippen LogP contribution in [-0.2, 0) is 0 Å². The summed E-state index contributed by atoms with van der Waals surface area (Å²) in [5.41, 5.74) is 4.62. The molecule has 0 amide bonds. The standard InChI is InChI=1S/C25H31NO2/c1-3-4-5-6-19-28-25-13-9-22(10-14-25)23-15-17-26(18-16-23)24-11-7-21(8-12-24)20(2)27/h7-15H,3-6,16-19H2,1-2H3. The molecule has 0 fully saturated rings. The van der Waals surface area contributed by atoms with E-state index < -0.39 is 0 Å². The van der Waals surface area contributed by atoms with Crippen LogP contribution in [0.25, 0.3) is 5.57 Å². The Labute approximate surface area is 169 Å². The van der Waals surface area contributed by atoms with E-state index in [9.17, 15) is 4.79 Å². The number of nitrogens with zero attached hydrogens (tertiary/aromatic N) is 1. The van der Waals surface area contributed by atoms with Crippen LogP contribution in [0.4, 0.5) is 5.69 Å². The Morgan fingerprint density at radius 3 is 2.36 bits per heavy atom. The van der Waals surface area contributed by atoms with Gasteiger partial charge < -0.3 is 9.64 Å². The minimum Gasteiger partial charge on any atom is -0.494 e. The van der Waals surface area contributed by atoms with Crippen molar-refractivity contribution in [3.05, 3.63) is 65.7 Å². The van der Waals surface area contributed by atoms with Crippen molar-refractivity contribution >= 4 is 17.0 Å². The normalized spacial score (nSPS) is 13.9. The Hall–Kier alpha value is -2.55. The molecule has 0 atom stereocenters. The molecule has 0 aromatic heterocycles. The monoisotopic (exact) mass is 377 g/mol. The van der Waals surface area contributed by atoms with Gasteiger partial charge in [-0.1, -0.05) is 44.4 Å². The molecule has 0 radical (unpaired) electrons. The number of ketones is 1. The largest absolute Gasteiger partial charge is 0.494 e. The first-order valence-electron chi connectivity index (χ1n) is 10.5. The number of carbonyl (C=O) groups is 1. The number of unbranched alkanes of at least 4 members (excludes halogenated alkanes) is 3. The maximum atomic E-state index is 11.4. The Bertz CT molecular complexity index is 790. The van der Waals surface area contributed by atoms with E-state index in [-0.39, 0.29) is 5.78 Å². The number of ether oxygens (including phenoxy) is 1. The molecule has 2 aromatic carbocycles. The van der Waals surface area contributed by atoms with Gasteiger partial charge in [-0.3, -0.25) is 4.79 Å². The van der Waals surface area contributed by atoms with E-state index in [1.807, 2.05) is 24.3 Å². The second kappa shape index (κ2) is 10.1. The predicted octanol–water partition coefficient (Wildman–Crippen LogP) is 6.14. The highest BCUT2D eigenvalue weighted by molar-refractivity contribution is 5.94. The highest BCUT2D eigenvalue weighted by atomic mass is 16.5. The minimum absolute atomic E-state index is 0.112. The number of Topliss-reactive ketones (excluding diaryl/α,β-unsaturated/α-hetero) is 1. The molecule has 0 N–H and O–H groups in total. The Balaban J connectivity index is 1.53. The summed E-state index contributed by atoms with van der Waals surface area (Å²) < 4.78 is 5.84. The summed E-state index contributed by atoms with van der Waals surface area (Å²) in [4.78, 5) is 13.8. The van der Waals surface area contributed by atoms with Crippen LogP contribution in [0.1, 0.15) is 61.9 Å². The summed E-state index contributed by atoms with van der Waals surface area (Å²) in [5.74, 6) is 1.07. The van der Waals surface area contributed by atoms with Gasteiger partial charge in [0.1, 0.15) is 5.75 Å². The van der Waals surface area contributed by atoms with Gasteiger partial charge in [0, 0.05) is 24.3 Å². The van der Waals surface area contributed by atoms with Crippen molar-refractivity contribution in [3.8, 4) is 5.75 Å². The zero-order valence-corrected chi connectivity index (χ0v) is 17.1. The summed E-state index contributed by atoms with van der Waals surface area (Å²) in [6.45, 7) is 6.52. The van der Waals surface area contributed by atoms with Crippen molar-refractivity contribution in [1.29, 1.82) is 0 Å². The van der Waals surface area contributed by atoms with Gasteiger partial charge in [0.15, 0.2) is 5.78 Å². The van der Waals surface area contributed by atoms with Gasteiger partial charge in [0.05, 0.1) is 6.61 Å². The molecule has 1 heterocycles. The lowest BCUT2D eigenvalue weighted by Gasteiger charge is -2.28. The molecule has 1 aliphatic heterocycles. The molecule has 3 rings (SSSR count). The first-order valence-corrected chi connectivity index (χ1v) is 10.5. The zero-order valence-electron chi connectivity index (χ0n) is 17.1. The third-order valence-electron chi connectivity index (χ3n) is 5.34. The fraction of sp³-hybridized carbons (Fsp3) is 0.400. The van der Waals surface area contributed by atoms with Crippen LogP contribution in [0.2, 0.25) is 0 Å². The summed E-state index contributed by atoms with van der Waals surface area (Å²) in [6, 6.07) is 16.4. The van der Waals surface area contributed by atoms with E-state index in [1.54, 1.807) is 6.92 Å². The average molecular weight is 378 g/mol. The number of carbonyl (C=O) groups excluding carboxylic acids is 1. The van der Waals surface area contributed by atoms with Crippen LogP contribution >= 0.6 is 0 Å². The molecule has 148 valence electrons. The van der Waals surface area contributed by atoms with Crippen molar-refractivity contribution in [2.45, 2.75) is 46.0 Å². The van der Waals surface area contributed by atoms with Gasteiger partial charge in [-0.05, 0) is 67.3 Å². The molecule has 0 unspecified atom stereocenters. The van der Waals surface area contributed by atoms with Gasteiger partial charge in [-0.2, -0.15) is 0 Å². The maximum Gasteiger partial charge on any atom is 0.159 e. The van der Waals surface area contributed by atoms with E-state index >= 15 is 0 Å². The van der Waals surface area contributed by atoms with Gasteiger partial charge in [0.2, 0.25) is 0 Å². The van der Waals surface area contributed by atoms with Gasteiger partial charge in [0.25, 0.3) is 0 Å². The molecule has 0 bridgehead atoms. The number of hydrogen-bond donors (Lipinski definition) is 0. The second-order valence-electron chi connectivity index (χ2n) is 7.46. The molecule has 3 heteroatoms. The third kappa shape index (κ3) is 5.48. The molecular formula is C25H31NO2. The Morgan fingerprint density at radius 1 is 1.00 bits per heavy atom. The van der Waals surface area contributed by atoms with Crippen LogP contribution in [0.3, 0.4) is 0 Å². The molecule has 0 saturated heterocycles. The lowest BCUT2D eigenvalue weighted by molar-refractivity contribution is 0.101. The topological polar surface area (TPSA) is 29.5 Å². The summed E-state index contributed by atoms with van der Waals surface area (Å²) in [6.07, 6.45) is 8.24. The van der Waals surface area contributed by atoms with Crippen molar-refractivity contribution in [2.75, 3.05) is 24.6 Å². The number of benzene rings is 2. The van der Waals surface area contributed by atoms with Gasteiger partial charge in [-0.15, -0.1) is 0 Å². The highest BCUT2D eigenvalue weighted by Crippen LogP contribution is 2.27. The van der Waals surface area contributed by atoms with E-state index in [0.717, 1.165) is 43.9 Å². The molecule has 3 nitrogen and oxygen atoms in total. The first-order chi connectivity index (χ1) is 13.7. The van der Waals surface area contributed by atoms with Crippen molar-refractivity contribution in [1.82, 2.24) is 0 Å². The van der Waals surface area contributed by atoms with Crippen LogP contribution < -0.4 is 9.64 Å². The zero-order chi connectivity index (χ0) is 19.8. The summed E-state index contributed by atoms with van der Waals surface area (Å²) >= 11 is 0. The van der Waals surface area contributed by atoms with E-state index in [4.69, 9.17) is 4.74 Å². The molecule has 28 heavy (non-hydrogen) atoms. The molecule has 0 saturated carbocycles. The highest BCUT2D eigenvalue weighted by Gasteiger charge is 2.14. The molecular weight excluding hydrogens is 346 g/mol. The fourth-order valence-corrected chi connectivity index (χ4v) is 3.56. The summed E-state index contributed by atoms with van der Waals surface area (Å²) in [7, 11) is 0. The molecule has 1 aliphatic rings. The fourth-order valence-electron chi connectivity index (χ4n) is 3.56. The van der Waals surface area contributed by atoms with Gasteiger partial charge >= 0.3 is 0 Å². The van der Waals surface area contributed by atoms with Crippen LogP contribution in [0.15, 0.2) is 54.6 Å². The molecule has 0 spiro atoms. The van der Waals surface area contributed by atoms with Crippen LogP contribution in [-0.4, -0.2) is 25.5 Å². The van der Waals surface area contributed by atoms with Crippen molar-refractivity contribution in [3.63, 3.8) is 0 Å². The Kier molecular flexibility index (Phi) is 7.30. The third-order valence-corrected chi connectivity index (χ3v) is 5.34. The van der Waals surface area contributed by atoms with E-state index in [2.05, 4.69) is 42.2 Å². The first kappa shape index (κ1) is 20.2. The smallest absolute Gasteiger partial charge is 0.159 e. The van der Waals surface area contributed by atoms with Crippen molar-refractivity contribution < 1.29 is 9.53 Å². The lowest BCUT2D eigenvalue weighted by Crippen LogP contribution is -2.28. The second-order valence-corrected chi connectivity index (χ2v) is 7.46. The molecule has 2 aromatic rings. The van der Waals surface area contributed by atoms with Crippen LogP contribution in [0, 0.1) is 0 Å². The molecule has 0 aliphatic carbocycles. The van der Waals surface area contributed by atoms with Crippen molar-refractivity contribution in [2.24, 2.45) is 0 Å². The summed E-state index contributed by atoms with van der Waals surface area (Å²) in [5, 5.41) is 0. The van der Waals surface area contributed by atoms with E-state index in [0.29, 0.717) is 0 Å². The lowest BCUT2D eigenvalue weighted by atomic mass is 9.99. The van der Waals surface area contributed by atoms with E-state index in [1.165, 1.54) is 36.1 Å². The Morgan fingerprint density at radius 2 is 1.75 bits per heavy atom.